The maximum absolute atomic E-state index is 13.2. The molecule has 0 aromatic heterocycles. The molecule has 9 heteroatoms. The number of methoxy groups -OCH3 is 2. The first kappa shape index (κ1) is 30.7. The van der Waals surface area contributed by atoms with Gasteiger partial charge in [-0.2, -0.15) is 0 Å². The summed E-state index contributed by atoms with van der Waals surface area (Å²) in [6.45, 7) is 14.4. The van der Waals surface area contributed by atoms with E-state index in [1.54, 1.807) is 20.3 Å². The maximum Gasteiger partial charge on any atom is 0.327 e. The summed E-state index contributed by atoms with van der Waals surface area (Å²) in [7, 11) is 2.05. The van der Waals surface area contributed by atoms with Crippen LogP contribution in [0.2, 0.25) is 19.6 Å². The monoisotopic (exact) mass is 522 g/mol. The van der Waals surface area contributed by atoms with Gasteiger partial charge in [0.1, 0.15) is 17.1 Å². The Kier molecular flexibility index (Phi) is 12.3. The lowest BCUT2D eigenvalue weighted by Gasteiger charge is -2.21. The number of carbonyl (C=O) groups excluding carboxylic acids is 1. The van der Waals surface area contributed by atoms with Crippen LogP contribution in [-0.4, -0.2) is 66.9 Å². The van der Waals surface area contributed by atoms with Crippen LogP contribution in [0.25, 0.3) is 0 Å². The van der Waals surface area contributed by atoms with Crippen molar-refractivity contribution in [1.29, 1.82) is 0 Å². The number of hydrogen-bond acceptors (Lipinski definition) is 7. The molecule has 7 nitrogen and oxygen atoms in total. The van der Waals surface area contributed by atoms with Crippen molar-refractivity contribution in [3.8, 4) is 11.5 Å². The van der Waals surface area contributed by atoms with Crippen molar-refractivity contribution >= 4 is 21.0 Å². The largest absolute Gasteiger partial charge is 0.540 e. The van der Waals surface area contributed by atoms with Gasteiger partial charge in [0, 0.05) is 19.8 Å². The van der Waals surface area contributed by atoms with Gasteiger partial charge in [-0.05, 0) is 63.5 Å². The Balaban J connectivity index is 2.17. The fourth-order valence-corrected chi connectivity index (χ4v) is 5.12. The van der Waals surface area contributed by atoms with Crippen molar-refractivity contribution in [2.75, 3.05) is 34.2 Å². The molecule has 1 heterocycles. The zero-order valence-corrected chi connectivity index (χ0v) is 24.7. The van der Waals surface area contributed by atoms with E-state index in [-0.39, 0.29) is 24.5 Å². The number of carbonyl (C=O) groups is 1. The summed E-state index contributed by atoms with van der Waals surface area (Å²) in [4.78, 5) is 13.2. The summed E-state index contributed by atoms with van der Waals surface area (Å²) < 4.78 is 34.4. The summed E-state index contributed by atoms with van der Waals surface area (Å²) in [5.41, 5.74) is 1.19. The van der Waals surface area contributed by atoms with E-state index in [4.69, 9.17) is 28.3 Å². The first-order chi connectivity index (χ1) is 17.0. The molecule has 0 spiro atoms. The Morgan fingerprint density at radius 1 is 1.19 bits per heavy atom. The molecule has 1 aliphatic rings. The molecule has 2 rings (SSSR count). The fourth-order valence-electron chi connectivity index (χ4n) is 4.56. The topological polar surface area (TPSA) is 72.5 Å². The van der Waals surface area contributed by atoms with Crippen LogP contribution in [0.4, 0.5) is 0 Å². The number of rotatable bonds is 16. The Bertz CT molecular complexity index is 825. The van der Waals surface area contributed by atoms with Crippen molar-refractivity contribution in [2.24, 2.45) is 5.92 Å². The van der Waals surface area contributed by atoms with E-state index in [0.29, 0.717) is 43.1 Å². The molecular formula is C27H47BO7Si. The highest BCUT2D eigenvalue weighted by Gasteiger charge is 2.39. The van der Waals surface area contributed by atoms with E-state index < -0.39 is 7.94 Å². The number of benzene rings is 1. The van der Waals surface area contributed by atoms with E-state index in [0.717, 1.165) is 44.3 Å². The van der Waals surface area contributed by atoms with Crippen molar-refractivity contribution in [2.45, 2.75) is 90.6 Å². The highest BCUT2D eigenvalue weighted by Crippen LogP contribution is 2.38. The van der Waals surface area contributed by atoms with Gasteiger partial charge in [-0.3, -0.25) is 0 Å². The minimum absolute atomic E-state index is 0.0368. The second-order valence-electron chi connectivity index (χ2n) is 11.5. The molecule has 36 heavy (non-hydrogen) atoms. The minimum Gasteiger partial charge on any atom is -0.540 e. The van der Waals surface area contributed by atoms with Crippen LogP contribution < -0.4 is 9.47 Å². The Morgan fingerprint density at radius 3 is 2.58 bits per heavy atom. The van der Waals surface area contributed by atoms with Crippen molar-refractivity contribution < 1.29 is 33.1 Å². The second-order valence-corrected chi connectivity index (χ2v) is 17.0. The normalized spacial score (nSPS) is 19.2. The van der Waals surface area contributed by atoms with Gasteiger partial charge in [-0.25, -0.2) is 4.79 Å². The number of aryl methyl sites for hydroxylation is 1. The molecule has 1 unspecified atom stereocenters. The molecule has 0 amide bonds. The average Bonchev–Trinajstić information content (AvgIpc) is 3.11. The number of unbranched alkanes of at least 4 members (excludes halogenated alkanes) is 1. The molecule has 0 saturated carbocycles. The van der Waals surface area contributed by atoms with Gasteiger partial charge in [0.2, 0.25) is 0 Å². The first-order valence-corrected chi connectivity index (χ1v) is 17.0. The van der Waals surface area contributed by atoms with Crippen molar-refractivity contribution in [3.63, 3.8) is 0 Å². The van der Waals surface area contributed by atoms with E-state index in [2.05, 4.69) is 40.4 Å². The van der Waals surface area contributed by atoms with Crippen LogP contribution >= 0.6 is 0 Å². The van der Waals surface area contributed by atoms with E-state index in [1.807, 2.05) is 6.07 Å². The van der Waals surface area contributed by atoms with Crippen LogP contribution in [0.1, 0.15) is 68.8 Å². The van der Waals surface area contributed by atoms with Gasteiger partial charge in [0.25, 0.3) is 0 Å². The Hall–Kier alpha value is -1.55. The van der Waals surface area contributed by atoms with Crippen molar-refractivity contribution in [3.05, 3.63) is 23.3 Å². The lowest BCUT2D eigenvalue weighted by Crippen LogP contribution is -2.34. The van der Waals surface area contributed by atoms with Gasteiger partial charge in [-0.1, -0.05) is 33.0 Å². The third-order valence-electron chi connectivity index (χ3n) is 6.26. The third-order valence-corrected chi connectivity index (χ3v) is 7.27. The van der Waals surface area contributed by atoms with Gasteiger partial charge >= 0.3 is 13.0 Å². The number of ether oxygens (including phenoxy) is 5. The van der Waals surface area contributed by atoms with Gasteiger partial charge in [0.15, 0.2) is 6.79 Å². The summed E-state index contributed by atoms with van der Waals surface area (Å²) in [6, 6.07) is 3.65. The van der Waals surface area contributed by atoms with Gasteiger partial charge < -0.3 is 28.3 Å². The van der Waals surface area contributed by atoms with Gasteiger partial charge in [0.05, 0.1) is 33.4 Å². The molecule has 204 valence electrons. The zero-order chi connectivity index (χ0) is 26.8. The molecule has 1 saturated heterocycles. The van der Waals surface area contributed by atoms with Crippen LogP contribution in [0.5, 0.6) is 11.5 Å². The molecule has 1 aromatic carbocycles. The molecule has 0 bridgehead atoms. The summed E-state index contributed by atoms with van der Waals surface area (Å²) in [6.07, 6.45) is 5.89. The summed E-state index contributed by atoms with van der Waals surface area (Å²) in [5.74, 6) is 1.14. The molecule has 1 aromatic rings. The Labute approximate surface area is 219 Å². The Morgan fingerprint density at radius 2 is 1.94 bits per heavy atom. The highest BCUT2D eigenvalue weighted by atomic mass is 28.3. The van der Waals surface area contributed by atoms with E-state index >= 15 is 0 Å². The summed E-state index contributed by atoms with van der Waals surface area (Å²) in [5, 5.41) is 0. The minimum atomic E-state index is -1.57. The van der Waals surface area contributed by atoms with Crippen LogP contribution in [0.3, 0.4) is 0 Å². The fraction of sp³-hybridized carbons (Fsp3) is 0.741. The van der Waals surface area contributed by atoms with E-state index in [9.17, 15) is 4.79 Å². The van der Waals surface area contributed by atoms with E-state index in [1.165, 1.54) is 0 Å². The quantitative estimate of drug-likeness (QED) is 0.165. The van der Waals surface area contributed by atoms with Crippen LogP contribution in [0.15, 0.2) is 12.1 Å². The SMILES string of the molecule is CCCCOCC1OC(C)(C)C[C@H]1CCCc1cc(OC)cc(OCOC)c1C(=O)OB[Si](C)(C)C. The molecule has 0 N–H and O–H groups in total. The molecule has 2 atom stereocenters. The smallest absolute Gasteiger partial charge is 0.327 e. The molecular weight excluding hydrogens is 475 g/mol. The lowest BCUT2D eigenvalue weighted by atomic mass is 9.88. The average molecular weight is 523 g/mol. The number of hydrogen-bond donors (Lipinski definition) is 0. The molecule has 0 aliphatic carbocycles. The first-order valence-electron chi connectivity index (χ1n) is 13.2. The van der Waals surface area contributed by atoms with Gasteiger partial charge in [-0.15, -0.1) is 0 Å². The standard InChI is InChI=1S/C27H47BO7Si/c1-9-10-14-32-18-24-21(17-27(2,3)34-24)13-11-12-20-15-22(31-5)16-23(33-19-30-4)25(20)26(29)35-28-36(6,7)8/h15-16,21,24,28H,9-14,17-19H2,1-8H3/t21-,24?/m1/s1. The maximum atomic E-state index is 13.2. The molecule has 0 radical (unpaired) electrons. The predicted octanol–water partition coefficient (Wildman–Crippen LogP) is 5.34. The lowest BCUT2D eigenvalue weighted by molar-refractivity contribution is -0.0613. The predicted molar refractivity (Wildman–Crippen MR) is 147 cm³/mol. The highest BCUT2D eigenvalue weighted by molar-refractivity contribution is 7.21. The second kappa shape index (κ2) is 14.4. The van der Waals surface area contributed by atoms with Crippen molar-refractivity contribution in [1.82, 2.24) is 0 Å². The zero-order valence-electron chi connectivity index (χ0n) is 23.7. The van der Waals surface area contributed by atoms with Crippen LogP contribution in [-0.2, 0) is 25.3 Å². The summed E-state index contributed by atoms with van der Waals surface area (Å²) >= 11 is 0. The molecule has 1 fully saturated rings. The third kappa shape index (κ3) is 10.1. The van der Waals surface area contributed by atoms with Crippen LogP contribution in [0, 0.1) is 5.92 Å². The molecule has 1 aliphatic heterocycles.